The minimum atomic E-state index is -0.676. The molecule has 1 unspecified atom stereocenters. The Hall–Kier alpha value is -0.0200. The highest BCUT2D eigenvalue weighted by atomic mass is 32.1. The van der Waals surface area contributed by atoms with Crippen LogP contribution < -0.4 is 0 Å². The molecular formula is C2H5NOS. The topological polar surface area (TPSA) is 32.6 Å². The van der Waals surface area contributed by atoms with E-state index in [1.165, 1.54) is 6.92 Å². The predicted molar refractivity (Wildman–Crippen MR) is 21.5 cm³/mol. The highest BCUT2D eigenvalue weighted by Gasteiger charge is 1.78. The van der Waals surface area contributed by atoms with Crippen LogP contribution in [-0.4, -0.2) is 11.3 Å². The first kappa shape index (κ1) is 4.98. The van der Waals surface area contributed by atoms with Crippen molar-refractivity contribution in [2.75, 3.05) is 0 Å². The van der Waals surface area contributed by atoms with Gasteiger partial charge in [-0.2, -0.15) is 4.36 Å². The van der Waals surface area contributed by atoms with Gasteiger partial charge in [-0.25, -0.2) is 0 Å². The summed E-state index contributed by atoms with van der Waals surface area (Å²) in [5.74, 6) is 0. The van der Waals surface area contributed by atoms with Crippen LogP contribution in [0.4, 0.5) is 0 Å². The highest BCUT2D eigenvalue weighted by Crippen LogP contribution is 1.73. The summed E-state index contributed by atoms with van der Waals surface area (Å²) in [5, 5.41) is 8.09. The molecule has 0 radical (unpaired) electrons. The molecule has 0 spiro atoms. The molecule has 0 fully saturated rings. The van der Waals surface area contributed by atoms with Crippen molar-refractivity contribution in [1.29, 1.82) is 0 Å². The van der Waals surface area contributed by atoms with E-state index in [1.54, 1.807) is 0 Å². The third kappa shape index (κ3) is 3.98. The molecule has 2 nitrogen and oxygen atoms in total. The Morgan fingerprint density at radius 3 is 2.20 bits per heavy atom. The van der Waals surface area contributed by atoms with Gasteiger partial charge in [0.1, 0.15) is 0 Å². The van der Waals surface area contributed by atoms with Crippen molar-refractivity contribution in [3.05, 3.63) is 0 Å². The zero-order valence-corrected chi connectivity index (χ0v) is 3.70. The van der Waals surface area contributed by atoms with E-state index in [2.05, 4.69) is 16.8 Å². The van der Waals surface area contributed by atoms with Gasteiger partial charge in [-0.15, -0.1) is 0 Å². The minimum absolute atomic E-state index is 0.676. The van der Waals surface area contributed by atoms with Gasteiger partial charge in [0.2, 0.25) is 0 Å². The van der Waals surface area contributed by atoms with Gasteiger partial charge >= 0.3 is 0 Å². The molecule has 30 valence electrons. The maximum atomic E-state index is 8.09. The largest absolute Gasteiger partial charge is 0.371 e. The Morgan fingerprint density at radius 2 is 2.20 bits per heavy atom. The van der Waals surface area contributed by atoms with Crippen LogP contribution in [0.3, 0.4) is 0 Å². The summed E-state index contributed by atoms with van der Waals surface area (Å²) in [5.41, 5.74) is 0. The van der Waals surface area contributed by atoms with Crippen LogP contribution in [0, 0.1) is 0 Å². The number of aliphatic hydroxyl groups is 1. The van der Waals surface area contributed by atoms with Crippen molar-refractivity contribution in [2.45, 2.75) is 13.2 Å². The van der Waals surface area contributed by atoms with Crippen molar-refractivity contribution in [3.8, 4) is 0 Å². The molecule has 0 aliphatic carbocycles. The van der Waals surface area contributed by atoms with Gasteiger partial charge in [0.15, 0.2) is 6.23 Å². The zero-order valence-electron chi connectivity index (χ0n) is 2.88. The lowest BCUT2D eigenvalue weighted by Gasteiger charge is -1.82. The molecule has 1 N–H and O–H groups in total. The first-order chi connectivity index (χ1) is 2.27. The average molecular weight is 91.1 g/mol. The van der Waals surface area contributed by atoms with E-state index in [4.69, 9.17) is 5.11 Å². The predicted octanol–water partition coefficient (Wildman–Crippen LogP) is 0.0552. The first-order valence-corrected chi connectivity index (χ1v) is 1.64. The maximum absolute atomic E-state index is 8.09. The Kier molecular flexibility index (Phi) is 2.22. The monoisotopic (exact) mass is 91.0 g/mol. The normalized spacial score (nSPS) is 14.0. The van der Waals surface area contributed by atoms with Crippen molar-refractivity contribution in [1.82, 2.24) is 0 Å². The van der Waals surface area contributed by atoms with Gasteiger partial charge < -0.3 is 5.11 Å². The molecule has 1 atom stereocenters. The number of nitrogens with zero attached hydrogens (tertiary/aromatic N) is 1. The lowest BCUT2D eigenvalue weighted by molar-refractivity contribution is 0.208. The molecule has 0 aliphatic heterocycles. The van der Waals surface area contributed by atoms with E-state index in [9.17, 15) is 0 Å². The van der Waals surface area contributed by atoms with Crippen LogP contribution in [-0.2, 0) is 12.4 Å². The molecule has 0 aromatic heterocycles. The molecule has 0 aliphatic rings. The minimum Gasteiger partial charge on any atom is -0.371 e. The smallest absolute Gasteiger partial charge is 0.154 e. The Bertz CT molecular complexity index is 36.6. The molecule has 0 saturated heterocycles. The highest BCUT2D eigenvalue weighted by molar-refractivity contribution is 7.47. The van der Waals surface area contributed by atoms with Crippen LogP contribution in [0.5, 0.6) is 0 Å². The van der Waals surface area contributed by atoms with Crippen molar-refractivity contribution < 1.29 is 5.11 Å². The second-order valence-corrected chi connectivity index (χ2v) is 0.948. The standard InChI is InChI=1S/C2H5NOS/c1-2(4)3-5/h2,4H,1H3. The number of hydrogen-bond acceptors (Lipinski definition) is 3. The van der Waals surface area contributed by atoms with E-state index in [1.807, 2.05) is 0 Å². The average Bonchev–Trinajstić information content (AvgIpc) is 1.38. The summed E-state index contributed by atoms with van der Waals surface area (Å²) in [6.07, 6.45) is -0.676. The second kappa shape index (κ2) is 2.23. The lowest BCUT2D eigenvalue weighted by Crippen LogP contribution is -1.88. The van der Waals surface area contributed by atoms with Crippen LogP contribution in [0.15, 0.2) is 4.36 Å². The van der Waals surface area contributed by atoms with E-state index >= 15 is 0 Å². The molecule has 0 heterocycles. The summed E-state index contributed by atoms with van der Waals surface area (Å²) >= 11 is 4.05. The fraction of sp³-hybridized carbons (Fsp3) is 1.00. The summed E-state index contributed by atoms with van der Waals surface area (Å²) in [7, 11) is 0. The SMILES string of the molecule is CC(O)N=S. The lowest BCUT2D eigenvalue weighted by atomic mass is 10.7. The van der Waals surface area contributed by atoms with Crippen molar-refractivity contribution in [2.24, 2.45) is 4.36 Å². The van der Waals surface area contributed by atoms with Crippen LogP contribution in [0.1, 0.15) is 6.92 Å². The van der Waals surface area contributed by atoms with Crippen LogP contribution in [0.25, 0.3) is 0 Å². The van der Waals surface area contributed by atoms with E-state index < -0.39 is 6.23 Å². The molecular weight excluding hydrogens is 86.1 g/mol. The number of hydrogen-bond donors (Lipinski definition) is 1. The van der Waals surface area contributed by atoms with Gasteiger partial charge in [-0.3, -0.25) is 0 Å². The van der Waals surface area contributed by atoms with E-state index in [0.29, 0.717) is 0 Å². The molecule has 0 amide bonds. The number of rotatable bonds is 1. The van der Waals surface area contributed by atoms with Crippen molar-refractivity contribution in [3.63, 3.8) is 0 Å². The third-order valence-corrected chi connectivity index (χ3v) is 0.458. The quantitative estimate of drug-likeness (QED) is 0.494. The molecule has 0 rings (SSSR count). The summed E-state index contributed by atoms with van der Waals surface area (Å²) < 4.78 is 3.03. The molecule has 5 heavy (non-hydrogen) atoms. The number of aliphatic hydroxyl groups excluding tert-OH is 1. The zero-order chi connectivity index (χ0) is 4.28. The summed E-state index contributed by atoms with van der Waals surface area (Å²) in [4.78, 5) is 0. The second-order valence-electron chi connectivity index (χ2n) is 0.737. The molecule has 3 heteroatoms. The van der Waals surface area contributed by atoms with Gasteiger partial charge in [0, 0.05) is 12.4 Å². The molecule has 0 bridgehead atoms. The van der Waals surface area contributed by atoms with Crippen LogP contribution in [0.2, 0.25) is 0 Å². The first-order valence-electron chi connectivity index (χ1n) is 1.28. The van der Waals surface area contributed by atoms with E-state index in [0.717, 1.165) is 0 Å². The van der Waals surface area contributed by atoms with E-state index in [-0.39, 0.29) is 0 Å². The Labute approximate surface area is 36.0 Å². The maximum Gasteiger partial charge on any atom is 0.154 e. The Morgan fingerprint density at radius 1 is 2.00 bits per heavy atom. The van der Waals surface area contributed by atoms with Gasteiger partial charge in [0.05, 0.1) is 0 Å². The summed E-state index contributed by atoms with van der Waals surface area (Å²) in [6.45, 7) is 1.51. The van der Waals surface area contributed by atoms with Gasteiger partial charge in [-0.05, 0) is 6.92 Å². The van der Waals surface area contributed by atoms with Crippen molar-refractivity contribution >= 4 is 12.4 Å². The van der Waals surface area contributed by atoms with Crippen LogP contribution >= 0.6 is 0 Å². The van der Waals surface area contributed by atoms with Gasteiger partial charge in [-0.1, -0.05) is 0 Å². The molecule has 0 aromatic carbocycles. The fourth-order valence-electron chi connectivity index (χ4n) is 0. The molecule has 0 saturated carbocycles. The summed E-state index contributed by atoms with van der Waals surface area (Å²) in [6, 6.07) is 0. The Balaban J connectivity index is 2.83. The third-order valence-electron chi connectivity index (χ3n) is 0.153. The van der Waals surface area contributed by atoms with Gasteiger partial charge in [0.25, 0.3) is 0 Å². The molecule has 0 aromatic rings. The fourth-order valence-corrected chi connectivity index (χ4v) is 0.